The molecule has 2 aromatic carbocycles. The van der Waals surface area contributed by atoms with Crippen LogP contribution in [-0.2, 0) is 0 Å². The highest BCUT2D eigenvalue weighted by molar-refractivity contribution is 5.75. The van der Waals surface area contributed by atoms with Crippen molar-refractivity contribution in [3.05, 3.63) is 58.9 Å². The standard InChI is InChI=1S/C16H14N4O3/c1-23-13-9-5-3-7-11(13)17-19-15-14(18-20-16(15)22)10-6-2-4-8-12(10)21/h2-9,21H,1H3,(H2,18,20,22). The van der Waals surface area contributed by atoms with Crippen LogP contribution in [0.15, 0.2) is 63.6 Å². The molecule has 7 heteroatoms. The average molecular weight is 310 g/mol. The summed E-state index contributed by atoms with van der Waals surface area (Å²) in [6.07, 6.45) is 0. The molecule has 0 aliphatic heterocycles. The van der Waals surface area contributed by atoms with Crippen LogP contribution in [0.25, 0.3) is 11.3 Å². The number of aromatic amines is 2. The molecular weight excluding hydrogens is 296 g/mol. The van der Waals surface area contributed by atoms with Gasteiger partial charge in [-0.05, 0) is 24.3 Å². The van der Waals surface area contributed by atoms with Gasteiger partial charge in [0.15, 0.2) is 5.69 Å². The maximum absolute atomic E-state index is 11.9. The summed E-state index contributed by atoms with van der Waals surface area (Å²) in [6, 6.07) is 13.7. The normalized spacial score (nSPS) is 11.0. The molecule has 23 heavy (non-hydrogen) atoms. The molecule has 0 radical (unpaired) electrons. The first-order chi connectivity index (χ1) is 11.2. The SMILES string of the molecule is COc1ccccc1N=Nc1c(-c2ccccc2O)[nH][nH]c1=O. The second kappa shape index (κ2) is 6.18. The van der Waals surface area contributed by atoms with Crippen LogP contribution in [0.1, 0.15) is 0 Å². The van der Waals surface area contributed by atoms with Crippen molar-refractivity contribution in [3.8, 4) is 22.8 Å². The smallest absolute Gasteiger partial charge is 0.292 e. The Hall–Kier alpha value is -3.35. The fourth-order valence-electron chi connectivity index (χ4n) is 2.14. The molecule has 0 fully saturated rings. The number of H-pyrrole nitrogens is 2. The summed E-state index contributed by atoms with van der Waals surface area (Å²) in [5.74, 6) is 0.587. The van der Waals surface area contributed by atoms with Gasteiger partial charge in [0.2, 0.25) is 0 Å². The van der Waals surface area contributed by atoms with Crippen molar-refractivity contribution in [2.45, 2.75) is 0 Å². The number of aromatic nitrogens is 2. The lowest BCUT2D eigenvalue weighted by atomic mass is 10.1. The lowest BCUT2D eigenvalue weighted by Gasteiger charge is -2.03. The molecule has 0 saturated carbocycles. The molecule has 3 rings (SSSR count). The predicted octanol–water partition coefficient (Wildman–Crippen LogP) is 3.50. The van der Waals surface area contributed by atoms with Crippen LogP contribution >= 0.6 is 0 Å². The molecule has 0 spiro atoms. The topological polar surface area (TPSA) is 103 Å². The second-order valence-corrected chi connectivity index (χ2v) is 4.69. The van der Waals surface area contributed by atoms with E-state index in [2.05, 4.69) is 20.4 Å². The minimum absolute atomic E-state index is 0.0384. The summed E-state index contributed by atoms with van der Waals surface area (Å²) in [7, 11) is 1.53. The molecule has 0 aliphatic carbocycles. The number of ether oxygens (including phenoxy) is 1. The van der Waals surface area contributed by atoms with Gasteiger partial charge in [0.1, 0.15) is 17.2 Å². The van der Waals surface area contributed by atoms with Crippen LogP contribution in [0.5, 0.6) is 11.5 Å². The Labute approximate surface area is 131 Å². The number of hydrogen-bond acceptors (Lipinski definition) is 5. The predicted molar refractivity (Wildman–Crippen MR) is 85.7 cm³/mol. The zero-order chi connectivity index (χ0) is 16.2. The maximum atomic E-state index is 11.9. The van der Waals surface area contributed by atoms with Gasteiger partial charge in [-0.3, -0.25) is 15.0 Å². The van der Waals surface area contributed by atoms with Gasteiger partial charge in [-0.15, -0.1) is 10.2 Å². The van der Waals surface area contributed by atoms with Crippen molar-refractivity contribution >= 4 is 11.4 Å². The molecule has 0 atom stereocenters. The van der Waals surface area contributed by atoms with Crippen LogP contribution < -0.4 is 10.3 Å². The Kier molecular flexibility index (Phi) is 3.92. The molecule has 0 amide bonds. The molecule has 7 nitrogen and oxygen atoms in total. The first-order valence-electron chi connectivity index (χ1n) is 6.84. The number of benzene rings is 2. The van der Waals surface area contributed by atoms with Crippen molar-refractivity contribution in [3.63, 3.8) is 0 Å². The van der Waals surface area contributed by atoms with E-state index in [-0.39, 0.29) is 11.4 Å². The average Bonchev–Trinajstić information content (AvgIpc) is 2.94. The van der Waals surface area contributed by atoms with Crippen molar-refractivity contribution in [1.29, 1.82) is 0 Å². The molecule has 116 valence electrons. The Balaban J connectivity index is 2.05. The van der Waals surface area contributed by atoms with Crippen molar-refractivity contribution in [2.75, 3.05) is 7.11 Å². The van der Waals surface area contributed by atoms with Gasteiger partial charge in [-0.2, -0.15) is 0 Å². The van der Waals surface area contributed by atoms with Crippen LogP contribution in [-0.4, -0.2) is 22.4 Å². The molecule has 0 bridgehead atoms. The summed E-state index contributed by atoms with van der Waals surface area (Å²) >= 11 is 0. The number of nitrogens with one attached hydrogen (secondary N) is 2. The van der Waals surface area contributed by atoms with Crippen LogP contribution in [0.3, 0.4) is 0 Å². The van der Waals surface area contributed by atoms with Gasteiger partial charge in [-0.25, -0.2) is 0 Å². The summed E-state index contributed by atoms with van der Waals surface area (Å²) < 4.78 is 5.19. The fourth-order valence-corrected chi connectivity index (χ4v) is 2.14. The Morgan fingerprint density at radius 1 is 1.00 bits per heavy atom. The van der Waals surface area contributed by atoms with Gasteiger partial charge in [0.25, 0.3) is 5.56 Å². The Morgan fingerprint density at radius 3 is 2.52 bits per heavy atom. The fraction of sp³-hybridized carbons (Fsp3) is 0.0625. The van der Waals surface area contributed by atoms with Crippen molar-refractivity contribution < 1.29 is 9.84 Å². The highest BCUT2D eigenvalue weighted by atomic mass is 16.5. The number of nitrogens with zero attached hydrogens (tertiary/aromatic N) is 2. The lowest BCUT2D eigenvalue weighted by Crippen LogP contribution is -1.96. The van der Waals surface area contributed by atoms with Gasteiger partial charge in [0.05, 0.1) is 12.8 Å². The van der Waals surface area contributed by atoms with Gasteiger partial charge < -0.3 is 9.84 Å². The minimum atomic E-state index is -0.429. The molecule has 3 N–H and O–H groups in total. The third-order valence-electron chi connectivity index (χ3n) is 3.27. The first-order valence-corrected chi connectivity index (χ1v) is 6.84. The third kappa shape index (κ3) is 2.84. The monoisotopic (exact) mass is 310 g/mol. The van der Waals surface area contributed by atoms with E-state index < -0.39 is 5.56 Å². The van der Waals surface area contributed by atoms with Gasteiger partial charge in [0, 0.05) is 5.56 Å². The van der Waals surface area contributed by atoms with E-state index in [1.54, 1.807) is 36.4 Å². The number of methoxy groups -OCH3 is 1. The molecule has 3 aromatic rings. The molecule has 0 aliphatic rings. The van der Waals surface area contributed by atoms with E-state index in [4.69, 9.17) is 4.74 Å². The summed E-state index contributed by atoms with van der Waals surface area (Å²) in [6.45, 7) is 0. The van der Waals surface area contributed by atoms with Crippen LogP contribution in [0, 0.1) is 0 Å². The number of para-hydroxylation sites is 2. The van der Waals surface area contributed by atoms with Crippen molar-refractivity contribution in [1.82, 2.24) is 10.2 Å². The zero-order valence-corrected chi connectivity index (χ0v) is 12.3. The molecule has 0 saturated heterocycles. The number of aromatic hydroxyl groups is 1. The number of phenols is 1. The summed E-state index contributed by atoms with van der Waals surface area (Å²) in [5, 5.41) is 23.2. The summed E-state index contributed by atoms with van der Waals surface area (Å²) in [4.78, 5) is 11.9. The quantitative estimate of drug-likeness (QED) is 0.642. The Morgan fingerprint density at radius 2 is 1.74 bits per heavy atom. The lowest BCUT2D eigenvalue weighted by molar-refractivity contribution is 0.416. The van der Waals surface area contributed by atoms with Crippen molar-refractivity contribution in [2.24, 2.45) is 10.2 Å². The number of hydrogen-bond donors (Lipinski definition) is 3. The van der Waals surface area contributed by atoms with E-state index in [1.807, 2.05) is 6.07 Å². The number of rotatable bonds is 4. The molecular formula is C16H14N4O3. The largest absolute Gasteiger partial charge is 0.507 e. The van der Waals surface area contributed by atoms with Gasteiger partial charge in [-0.1, -0.05) is 24.3 Å². The van der Waals surface area contributed by atoms with E-state index in [9.17, 15) is 9.90 Å². The highest BCUT2D eigenvalue weighted by Crippen LogP contribution is 2.33. The van der Waals surface area contributed by atoms with E-state index in [1.165, 1.54) is 13.2 Å². The van der Waals surface area contributed by atoms with E-state index in [0.717, 1.165) is 0 Å². The second-order valence-electron chi connectivity index (χ2n) is 4.69. The van der Waals surface area contributed by atoms with E-state index >= 15 is 0 Å². The number of phenolic OH excluding ortho intramolecular Hbond substituents is 1. The molecule has 1 aromatic heterocycles. The van der Waals surface area contributed by atoms with Crippen LogP contribution in [0.2, 0.25) is 0 Å². The third-order valence-corrected chi connectivity index (χ3v) is 3.27. The zero-order valence-electron chi connectivity index (χ0n) is 12.3. The molecule has 1 heterocycles. The minimum Gasteiger partial charge on any atom is -0.507 e. The Bertz CT molecular complexity index is 911. The van der Waals surface area contributed by atoms with Gasteiger partial charge >= 0.3 is 0 Å². The van der Waals surface area contributed by atoms with Crippen LogP contribution in [0.4, 0.5) is 11.4 Å². The number of azo groups is 1. The first kappa shape index (κ1) is 14.6. The summed E-state index contributed by atoms with van der Waals surface area (Å²) in [5.41, 5.74) is 0.977. The van der Waals surface area contributed by atoms with E-state index in [0.29, 0.717) is 22.7 Å². The maximum Gasteiger partial charge on any atom is 0.292 e. The molecule has 0 unspecified atom stereocenters. The highest BCUT2D eigenvalue weighted by Gasteiger charge is 2.14.